The summed E-state index contributed by atoms with van der Waals surface area (Å²) in [5.74, 6) is 0.108. The number of rotatable bonds is 6. The minimum absolute atomic E-state index is 0.342. The second-order valence-electron chi connectivity index (χ2n) is 6.27. The van der Waals surface area contributed by atoms with Crippen molar-refractivity contribution in [3.05, 3.63) is 71.4 Å². The highest BCUT2D eigenvalue weighted by molar-refractivity contribution is 5.95. The maximum Gasteiger partial charge on any atom is 0.338 e. The standard InChI is InChI=1S/C21H21N3O4/c1-14-4-8-17(9-5-14)24-19(12-15(2)23-24)22-20(25)13-28-21(26)16-6-10-18(27-3)11-7-16/h4-12H,13H2,1-3H3,(H,22,25). The molecular weight excluding hydrogens is 358 g/mol. The van der Waals surface area contributed by atoms with Crippen LogP contribution in [0, 0.1) is 13.8 Å². The summed E-state index contributed by atoms with van der Waals surface area (Å²) < 4.78 is 11.8. The van der Waals surface area contributed by atoms with E-state index < -0.39 is 18.5 Å². The van der Waals surface area contributed by atoms with E-state index in [4.69, 9.17) is 9.47 Å². The van der Waals surface area contributed by atoms with Crippen molar-refractivity contribution in [2.45, 2.75) is 13.8 Å². The second kappa shape index (κ2) is 8.39. The molecule has 1 heterocycles. The van der Waals surface area contributed by atoms with E-state index in [0.29, 0.717) is 17.1 Å². The normalized spacial score (nSPS) is 10.4. The summed E-state index contributed by atoms with van der Waals surface area (Å²) in [6, 6.07) is 16.0. The average Bonchev–Trinajstić information content (AvgIpc) is 3.06. The molecule has 0 aliphatic heterocycles. The van der Waals surface area contributed by atoms with Gasteiger partial charge in [-0.2, -0.15) is 5.10 Å². The molecule has 7 heteroatoms. The summed E-state index contributed by atoms with van der Waals surface area (Å²) in [4.78, 5) is 24.3. The van der Waals surface area contributed by atoms with Crippen molar-refractivity contribution >= 4 is 17.7 Å². The molecule has 0 spiro atoms. The van der Waals surface area contributed by atoms with Gasteiger partial charge in [-0.1, -0.05) is 17.7 Å². The SMILES string of the molecule is COc1ccc(C(=O)OCC(=O)Nc2cc(C)nn2-c2ccc(C)cc2)cc1. The number of hydrogen-bond donors (Lipinski definition) is 1. The van der Waals surface area contributed by atoms with Gasteiger partial charge in [0.25, 0.3) is 5.91 Å². The van der Waals surface area contributed by atoms with Gasteiger partial charge in [-0.3, -0.25) is 4.79 Å². The number of esters is 1. The number of aryl methyl sites for hydroxylation is 2. The quantitative estimate of drug-likeness (QED) is 0.665. The second-order valence-corrected chi connectivity index (χ2v) is 6.27. The summed E-state index contributed by atoms with van der Waals surface area (Å²) in [7, 11) is 1.54. The van der Waals surface area contributed by atoms with Gasteiger partial charge in [0.05, 0.1) is 24.1 Å². The van der Waals surface area contributed by atoms with Crippen molar-refractivity contribution < 1.29 is 19.1 Å². The van der Waals surface area contributed by atoms with E-state index in [0.717, 1.165) is 16.9 Å². The van der Waals surface area contributed by atoms with Crippen LogP contribution in [0.4, 0.5) is 5.82 Å². The Bertz CT molecular complexity index is 976. The molecule has 0 aliphatic rings. The molecule has 3 aromatic rings. The van der Waals surface area contributed by atoms with Crippen molar-refractivity contribution in [2.24, 2.45) is 0 Å². The van der Waals surface area contributed by atoms with Crippen LogP contribution in [0.25, 0.3) is 5.69 Å². The van der Waals surface area contributed by atoms with Gasteiger partial charge in [0.1, 0.15) is 11.6 Å². The monoisotopic (exact) mass is 379 g/mol. The molecule has 0 fully saturated rings. The minimum Gasteiger partial charge on any atom is -0.497 e. The molecule has 144 valence electrons. The van der Waals surface area contributed by atoms with E-state index in [2.05, 4.69) is 10.4 Å². The van der Waals surface area contributed by atoms with Crippen molar-refractivity contribution in [3.63, 3.8) is 0 Å². The third kappa shape index (κ3) is 4.56. The van der Waals surface area contributed by atoms with Crippen molar-refractivity contribution in [1.29, 1.82) is 0 Å². The summed E-state index contributed by atoms with van der Waals surface area (Å²) in [5.41, 5.74) is 3.05. The largest absolute Gasteiger partial charge is 0.497 e. The van der Waals surface area contributed by atoms with Crippen molar-refractivity contribution in [3.8, 4) is 11.4 Å². The van der Waals surface area contributed by atoms with E-state index in [9.17, 15) is 9.59 Å². The van der Waals surface area contributed by atoms with E-state index in [-0.39, 0.29) is 0 Å². The molecule has 0 saturated carbocycles. The molecule has 0 unspecified atom stereocenters. The first-order chi connectivity index (χ1) is 13.5. The van der Waals surface area contributed by atoms with Crippen LogP contribution < -0.4 is 10.1 Å². The van der Waals surface area contributed by atoms with Crippen LogP contribution in [0.15, 0.2) is 54.6 Å². The van der Waals surface area contributed by atoms with Gasteiger partial charge in [0.2, 0.25) is 0 Å². The Morgan fingerprint density at radius 2 is 1.71 bits per heavy atom. The van der Waals surface area contributed by atoms with E-state index in [1.54, 1.807) is 42.1 Å². The lowest BCUT2D eigenvalue weighted by atomic mass is 10.2. The third-order valence-corrected chi connectivity index (χ3v) is 4.04. The fourth-order valence-corrected chi connectivity index (χ4v) is 2.59. The number of hydrogen-bond acceptors (Lipinski definition) is 5. The van der Waals surface area contributed by atoms with Crippen LogP contribution in [0.1, 0.15) is 21.6 Å². The zero-order valence-corrected chi connectivity index (χ0v) is 15.9. The molecule has 0 saturated heterocycles. The van der Waals surface area contributed by atoms with Crippen LogP contribution >= 0.6 is 0 Å². The minimum atomic E-state index is -0.582. The number of methoxy groups -OCH3 is 1. The zero-order chi connectivity index (χ0) is 20.1. The number of nitrogens with zero attached hydrogens (tertiary/aromatic N) is 2. The molecule has 0 radical (unpaired) electrons. The van der Waals surface area contributed by atoms with Gasteiger partial charge >= 0.3 is 5.97 Å². The molecular formula is C21H21N3O4. The molecule has 1 amide bonds. The average molecular weight is 379 g/mol. The van der Waals surface area contributed by atoms with Crippen molar-refractivity contribution in [2.75, 3.05) is 19.0 Å². The molecule has 2 aromatic carbocycles. The summed E-state index contributed by atoms with van der Waals surface area (Å²) in [6.45, 7) is 3.44. The van der Waals surface area contributed by atoms with Gasteiger partial charge in [0, 0.05) is 6.07 Å². The smallest absolute Gasteiger partial charge is 0.338 e. The van der Waals surface area contributed by atoms with Crippen LogP contribution in [-0.4, -0.2) is 35.4 Å². The zero-order valence-electron chi connectivity index (χ0n) is 15.9. The maximum atomic E-state index is 12.2. The predicted molar refractivity (Wildman–Crippen MR) is 105 cm³/mol. The Kier molecular flexibility index (Phi) is 5.74. The lowest BCUT2D eigenvalue weighted by molar-refractivity contribution is -0.119. The molecule has 3 rings (SSSR count). The lowest BCUT2D eigenvalue weighted by Crippen LogP contribution is -2.22. The maximum absolute atomic E-state index is 12.2. The molecule has 0 bridgehead atoms. The topological polar surface area (TPSA) is 82.4 Å². The predicted octanol–water partition coefficient (Wildman–Crippen LogP) is 3.29. The highest BCUT2D eigenvalue weighted by atomic mass is 16.5. The fourth-order valence-electron chi connectivity index (χ4n) is 2.59. The van der Waals surface area contributed by atoms with E-state index >= 15 is 0 Å². The van der Waals surface area contributed by atoms with E-state index in [1.165, 1.54) is 0 Å². The van der Waals surface area contributed by atoms with Crippen molar-refractivity contribution in [1.82, 2.24) is 9.78 Å². The van der Waals surface area contributed by atoms with Gasteiger partial charge in [-0.05, 0) is 50.2 Å². The Morgan fingerprint density at radius 1 is 1.04 bits per heavy atom. The highest BCUT2D eigenvalue weighted by Gasteiger charge is 2.14. The van der Waals surface area contributed by atoms with Crippen LogP contribution in [0.3, 0.4) is 0 Å². The summed E-state index contributed by atoms with van der Waals surface area (Å²) in [5, 5.41) is 7.14. The number of benzene rings is 2. The molecule has 1 N–H and O–H groups in total. The third-order valence-electron chi connectivity index (χ3n) is 4.04. The van der Waals surface area contributed by atoms with Gasteiger partial charge in [0.15, 0.2) is 6.61 Å². The first kappa shape index (κ1) is 19.2. The highest BCUT2D eigenvalue weighted by Crippen LogP contribution is 2.18. The van der Waals surface area contributed by atoms with Gasteiger partial charge in [-0.15, -0.1) is 0 Å². The molecule has 1 aromatic heterocycles. The number of carbonyl (C=O) groups excluding carboxylic acids is 2. The first-order valence-electron chi connectivity index (χ1n) is 8.71. The Morgan fingerprint density at radius 3 is 2.36 bits per heavy atom. The van der Waals surface area contributed by atoms with Crippen LogP contribution in [-0.2, 0) is 9.53 Å². The number of carbonyl (C=O) groups is 2. The molecule has 0 aliphatic carbocycles. The van der Waals surface area contributed by atoms with Crippen LogP contribution in [0.2, 0.25) is 0 Å². The summed E-state index contributed by atoms with van der Waals surface area (Å²) in [6.07, 6.45) is 0. The number of ether oxygens (including phenoxy) is 2. The Labute approximate surface area is 162 Å². The first-order valence-corrected chi connectivity index (χ1v) is 8.71. The van der Waals surface area contributed by atoms with E-state index in [1.807, 2.05) is 38.1 Å². The van der Waals surface area contributed by atoms with Gasteiger partial charge in [-0.25, -0.2) is 9.48 Å². The van der Waals surface area contributed by atoms with Crippen LogP contribution in [0.5, 0.6) is 5.75 Å². The molecule has 0 atom stereocenters. The Balaban J connectivity index is 1.63. The Hall–Kier alpha value is -3.61. The van der Waals surface area contributed by atoms with Gasteiger partial charge < -0.3 is 14.8 Å². The molecule has 28 heavy (non-hydrogen) atoms. The fraction of sp³-hybridized carbons (Fsp3) is 0.190. The number of anilines is 1. The summed E-state index contributed by atoms with van der Waals surface area (Å²) >= 11 is 0. The number of nitrogens with one attached hydrogen (secondary N) is 1. The molecule has 7 nitrogen and oxygen atoms in total. The number of aromatic nitrogens is 2. The number of amides is 1. The lowest BCUT2D eigenvalue weighted by Gasteiger charge is -2.10.